The molecule has 0 bridgehead atoms. The lowest BCUT2D eigenvalue weighted by atomic mass is 9.92. The topological polar surface area (TPSA) is 74.2 Å². The third-order valence-electron chi connectivity index (χ3n) is 3.35. The van der Waals surface area contributed by atoms with Gasteiger partial charge in [0.1, 0.15) is 11.3 Å². The van der Waals surface area contributed by atoms with E-state index >= 15 is 0 Å². The molecule has 1 aliphatic rings. The van der Waals surface area contributed by atoms with Gasteiger partial charge in [-0.15, -0.1) is 0 Å². The molecule has 0 fully saturated rings. The summed E-state index contributed by atoms with van der Waals surface area (Å²) in [4.78, 5) is 4.08. The first-order valence-corrected chi connectivity index (χ1v) is 5.47. The van der Waals surface area contributed by atoms with Gasteiger partial charge in [-0.2, -0.15) is 4.98 Å². The predicted molar refractivity (Wildman–Crippen MR) is 60.6 cm³/mol. The van der Waals surface area contributed by atoms with Crippen molar-refractivity contribution in [3.63, 3.8) is 0 Å². The maximum Gasteiger partial charge on any atom is 0.213 e. The van der Waals surface area contributed by atoms with E-state index in [4.69, 9.17) is 15.0 Å². The van der Waals surface area contributed by atoms with E-state index in [1.54, 1.807) is 7.11 Å². The average Bonchev–Trinajstić information content (AvgIpc) is 2.98. The molecule has 1 unspecified atom stereocenters. The molecule has 2 aromatic rings. The number of fused-ring (bicyclic) bond motifs is 1. The summed E-state index contributed by atoms with van der Waals surface area (Å²) < 4.78 is 10.0. The molecule has 0 saturated heterocycles. The number of aryl methyl sites for hydroxylation is 1. The molecule has 0 aliphatic heterocycles. The largest absolute Gasteiger partial charge is 0.497 e. The van der Waals surface area contributed by atoms with E-state index in [9.17, 15) is 0 Å². The molecule has 0 saturated carbocycles. The highest BCUT2D eigenvalue weighted by Gasteiger charge is 2.40. The Morgan fingerprint density at radius 3 is 3.06 bits per heavy atom. The van der Waals surface area contributed by atoms with Crippen LogP contribution in [0.5, 0.6) is 5.75 Å². The molecule has 0 radical (unpaired) electrons. The van der Waals surface area contributed by atoms with E-state index in [-0.39, 0.29) is 0 Å². The van der Waals surface area contributed by atoms with Crippen LogP contribution in [0.15, 0.2) is 29.1 Å². The minimum absolute atomic E-state index is 0.532. The maximum atomic E-state index is 6.42. The first-order valence-electron chi connectivity index (χ1n) is 5.47. The molecule has 0 amide bonds. The van der Waals surface area contributed by atoms with E-state index in [0.717, 1.165) is 24.2 Å². The smallest absolute Gasteiger partial charge is 0.213 e. The summed E-state index contributed by atoms with van der Waals surface area (Å²) in [5.74, 6) is 1.33. The normalized spacial score (nSPS) is 22.5. The molecule has 3 rings (SSSR count). The Labute approximate surface area is 98.6 Å². The van der Waals surface area contributed by atoms with Gasteiger partial charge in [-0.1, -0.05) is 11.2 Å². The van der Waals surface area contributed by atoms with E-state index in [1.807, 2.05) is 18.2 Å². The average molecular weight is 231 g/mol. The molecule has 1 atom stereocenters. The Kier molecular flexibility index (Phi) is 2.16. The fourth-order valence-corrected chi connectivity index (χ4v) is 2.38. The van der Waals surface area contributed by atoms with Gasteiger partial charge >= 0.3 is 0 Å². The van der Waals surface area contributed by atoms with Gasteiger partial charge in [0.15, 0.2) is 5.82 Å². The number of methoxy groups -OCH3 is 1. The summed E-state index contributed by atoms with van der Waals surface area (Å²) in [5, 5.41) is 3.87. The number of aromatic nitrogens is 2. The van der Waals surface area contributed by atoms with Crippen molar-refractivity contribution in [1.82, 2.24) is 10.1 Å². The van der Waals surface area contributed by atoms with Gasteiger partial charge < -0.3 is 15.0 Å². The van der Waals surface area contributed by atoms with Gasteiger partial charge in [0.05, 0.1) is 7.11 Å². The number of rotatable bonds is 2. The summed E-state index contributed by atoms with van der Waals surface area (Å²) >= 11 is 0. The summed E-state index contributed by atoms with van der Waals surface area (Å²) in [5.41, 5.74) is 8.01. The Morgan fingerprint density at radius 1 is 1.47 bits per heavy atom. The van der Waals surface area contributed by atoms with Crippen molar-refractivity contribution in [2.45, 2.75) is 18.4 Å². The lowest BCUT2D eigenvalue weighted by Gasteiger charge is -2.21. The van der Waals surface area contributed by atoms with E-state index in [0.29, 0.717) is 5.82 Å². The number of nitrogens with two attached hydrogens (primary N) is 1. The maximum absolute atomic E-state index is 6.42. The Balaban J connectivity index is 2.14. The molecule has 1 aliphatic carbocycles. The van der Waals surface area contributed by atoms with Gasteiger partial charge in [0, 0.05) is 0 Å². The minimum atomic E-state index is -0.656. The van der Waals surface area contributed by atoms with Gasteiger partial charge in [-0.05, 0) is 36.1 Å². The predicted octanol–water partition coefficient (Wildman–Crippen LogP) is 1.23. The zero-order chi connectivity index (χ0) is 11.9. The second-order valence-electron chi connectivity index (χ2n) is 4.25. The van der Waals surface area contributed by atoms with E-state index < -0.39 is 5.54 Å². The highest BCUT2D eigenvalue weighted by molar-refractivity contribution is 5.46. The summed E-state index contributed by atoms with van der Waals surface area (Å²) in [7, 11) is 1.64. The van der Waals surface area contributed by atoms with Crippen molar-refractivity contribution in [3.8, 4) is 5.75 Å². The van der Waals surface area contributed by atoms with Crippen molar-refractivity contribution in [1.29, 1.82) is 0 Å². The van der Waals surface area contributed by atoms with Crippen molar-refractivity contribution in [3.05, 3.63) is 41.5 Å². The molecule has 88 valence electrons. The highest BCUT2D eigenvalue weighted by Crippen LogP contribution is 2.40. The van der Waals surface area contributed by atoms with Crippen LogP contribution in [0.4, 0.5) is 0 Å². The first kappa shape index (κ1) is 10.3. The number of hydrogen-bond donors (Lipinski definition) is 1. The minimum Gasteiger partial charge on any atom is -0.497 e. The zero-order valence-electron chi connectivity index (χ0n) is 9.51. The fourth-order valence-electron chi connectivity index (χ4n) is 2.38. The lowest BCUT2D eigenvalue weighted by molar-refractivity contribution is 0.385. The van der Waals surface area contributed by atoms with Crippen LogP contribution in [-0.2, 0) is 12.0 Å². The highest BCUT2D eigenvalue weighted by atomic mass is 16.5. The SMILES string of the molecule is COc1ccc2c(c1)C(N)(c1ncon1)CC2. The van der Waals surface area contributed by atoms with Gasteiger partial charge in [-0.3, -0.25) is 0 Å². The van der Waals surface area contributed by atoms with Crippen LogP contribution in [0.3, 0.4) is 0 Å². The lowest BCUT2D eigenvalue weighted by Crippen LogP contribution is -2.36. The third kappa shape index (κ3) is 1.43. The molecule has 1 heterocycles. The van der Waals surface area contributed by atoms with Crippen molar-refractivity contribution >= 4 is 0 Å². The van der Waals surface area contributed by atoms with Crippen LogP contribution in [0.2, 0.25) is 0 Å². The summed E-state index contributed by atoms with van der Waals surface area (Å²) in [6.07, 6.45) is 3.02. The molecule has 1 aromatic heterocycles. The molecular formula is C12H13N3O2. The number of benzene rings is 1. The Hall–Kier alpha value is -1.88. The molecule has 17 heavy (non-hydrogen) atoms. The molecule has 0 spiro atoms. The standard InChI is InChI=1S/C12H13N3O2/c1-16-9-3-2-8-4-5-12(13,10(8)6-9)11-14-7-17-15-11/h2-3,6-7H,4-5,13H2,1H3. The van der Waals surface area contributed by atoms with Gasteiger partial charge in [0.25, 0.3) is 0 Å². The van der Waals surface area contributed by atoms with Crippen LogP contribution in [0.25, 0.3) is 0 Å². The Bertz CT molecular complexity index is 539. The van der Waals surface area contributed by atoms with Crippen molar-refractivity contribution in [2.75, 3.05) is 7.11 Å². The van der Waals surface area contributed by atoms with Gasteiger partial charge in [-0.25, -0.2) is 0 Å². The molecule has 5 nitrogen and oxygen atoms in total. The van der Waals surface area contributed by atoms with Crippen LogP contribution < -0.4 is 10.5 Å². The van der Waals surface area contributed by atoms with E-state index in [2.05, 4.69) is 10.1 Å². The second kappa shape index (κ2) is 3.56. The summed E-state index contributed by atoms with van der Waals surface area (Å²) in [6.45, 7) is 0. The van der Waals surface area contributed by atoms with Crippen molar-refractivity contribution < 1.29 is 9.26 Å². The van der Waals surface area contributed by atoms with Crippen LogP contribution >= 0.6 is 0 Å². The molecule has 2 N–H and O–H groups in total. The molecular weight excluding hydrogens is 218 g/mol. The first-order chi connectivity index (χ1) is 8.24. The van der Waals surface area contributed by atoms with Crippen LogP contribution in [0.1, 0.15) is 23.4 Å². The zero-order valence-corrected chi connectivity index (χ0v) is 9.51. The number of hydrogen-bond acceptors (Lipinski definition) is 5. The quantitative estimate of drug-likeness (QED) is 0.841. The monoisotopic (exact) mass is 231 g/mol. The number of ether oxygens (including phenoxy) is 1. The molecule has 5 heteroatoms. The van der Waals surface area contributed by atoms with Crippen LogP contribution in [0, 0.1) is 0 Å². The van der Waals surface area contributed by atoms with Crippen LogP contribution in [-0.4, -0.2) is 17.3 Å². The summed E-state index contributed by atoms with van der Waals surface area (Å²) in [6, 6.07) is 5.95. The fraction of sp³-hybridized carbons (Fsp3) is 0.333. The second-order valence-corrected chi connectivity index (χ2v) is 4.25. The molecule has 1 aromatic carbocycles. The van der Waals surface area contributed by atoms with Crippen molar-refractivity contribution in [2.24, 2.45) is 5.73 Å². The number of nitrogens with zero attached hydrogens (tertiary/aromatic N) is 2. The van der Waals surface area contributed by atoms with E-state index in [1.165, 1.54) is 12.0 Å². The third-order valence-corrected chi connectivity index (χ3v) is 3.35. The van der Waals surface area contributed by atoms with Gasteiger partial charge in [0.2, 0.25) is 6.39 Å². The Morgan fingerprint density at radius 2 is 2.35 bits per heavy atom.